The van der Waals surface area contributed by atoms with E-state index < -0.39 is 4.92 Å². The van der Waals surface area contributed by atoms with E-state index in [0.29, 0.717) is 29.0 Å². The van der Waals surface area contributed by atoms with Crippen molar-refractivity contribution in [3.05, 3.63) is 51.6 Å². The van der Waals surface area contributed by atoms with E-state index in [4.69, 9.17) is 4.63 Å². The maximum atomic E-state index is 11.4. The number of nitro benzene ring substituents is 1. The number of fused-ring (bicyclic) bond motifs is 6. The number of non-ortho nitro benzene ring substituents is 1. The van der Waals surface area contributed by atoms with Crippen LogP contribution >= 0.6 is 0 Å². The van der Waals surface area contributed by atoms with Crippen molar-refractivity contribution in [2.75, 3.05) is 5.32 Å². The van der Waals surface area contributed by atoms with Crippen LogP contribution in [0, 0.1) is 27.4 Å². The molecule has 1 heterocycles. The molecule has 33 heavy (non-hydrogen) atoms. The number of nitrogens with one attached hydrogen (secondary N) is 1. The lowest BCUT2D eigenvalue weighted by atomic mass is 9.54. The normalized spacial score (nSPS) is 32.7. The van der Waals surface area contributed by atoms with Crippen molar-refractivity contribution in [1.29, 1.82) is 0 Å². The fourth-order valence-electron chi connectivity index (χ4n) is 7.02. The quantitative estimate of drug-likeness (QED) is 0.387. The van der Waals surface area contributed by atoms with E-state index in [2.05, 4.69) is 22.6 Å². The lowest BCUT2D eigenvalue weighted by Gasteiger charge is -2.51. The largest absolute Gasteiger partial charge is 0.508 e. The molecule has 9 nitrogen and oxygen atoms in total. The smallest absolute Gasteiger partial charge is 0.300 e. The zero-order chi connectivity index (χ0) is 22.9. The van der Waals surface area contributed by atoms with Gasteiger partial charge in [0.2, 0.25) is 5.52 Å². The minimum absolute atomic E-state index is 0.0587. The molecule has 0 amide bonds. The first-order chi connectivity index (χ1) is 15.9. The average molecular weight is 450 g/mol. The van der Waals surface area contributed by atoms with Crippen LogP contribution < -0.4 is 5.32 Å². The van der Waals surface area contributed by atoms with Crippen LogP contribution in [0.1, 0.15) is 62.1 Å². The van der Waals surface area contributed by atoms with Gasteiger partial charge >= 0.3 is 5.69 Å². The van der Waals surface area contributed by atoms with Crippen molar-refractivity contribution >= 4 is 22.4 Å². The van der Waals surface area contributed by atoms with Gasteiger partial charge in [-0.15, -0.1) is 0 Å². The van der Waals surface area contributed by atoms with Gasteiger partial charge in [0.15, 0.2) is 5.52 Å². The molecule has 2 saturated carbocycles. The summed E-state index contributed by atoms with van der Waals surface area (Å²) in [5.41, 5.74) is 3.11. The summed E-state index contributed by atoms with van der Waals surface area (Å²) in [6, 6.07) is 8.55. The van der Waals surface area contributed by atoms with Gasteiger partial charge in [-0.05, 0) is 94.9 Å². The molecule has 3 aliphatic carbocycles. The predicted molar refractivity (Wildman–Crippen MR) is 120 cm³/mol. The Morgan fingerprint density at radius 3 is 2.79 bits per heavy atom. The number of aliphatic hydroxyl groups excluding tert-OH is 1. The first-order valence-corrected chi connectivity index (χ1v) is 11.5. The molecule has 3 aromatic rings. The number of hydrogen-bond acceptors (Lipinski definition) is 8. The SMILES string of the molecule is C[C@]12CC[C@@H]3c4ccc(O)cc4[C@@H](Nc4ccc([N+](=O)[O-])c5nonc45)C[C@H]3[C@@H]1CC[C@@H]2O. The van der Waals surface area contributed by atoms with Crippen molar-refractivity contribution in [2.45, 2.75) is 57.1 Å². The van der Waals surface area contributed by atoms with Crippen LogP contribution in [0.4, 0.5) is 11.4 Å². The minimum Gasteiger partial charge on any atom is -0.508 e. The van der Waals surface area contributed by atoms with E-state index in [9.17, 15) is 20.3 Å². The van der Waals surface area contributed by atoms with E-state index in [0.717, 1.165) is 37.7 Å². The third kappa shape index (κ3) is 2.95. The Morgan fingerprint density at radius 2 is 1.97 bits per heavy atom. The molecule has 0 aliphatic heterocycles. The summed E-state index contributed by atoms with van der Waals surface area (Å²) in [5.74, 6) is 1.45. The zero-order valence-corrected chi connectivity index (χ0v) is 18.3. The van der Waals surface area contributed by atoms with Gasteiger partial charge in [-0.25, -0.2) is 4.63 Å². The molecule has 172 valence electrons. The van der Waals surface area contributed by atoms with E-state index in [1.165, 1.54) is 11.6 Å². The van der Waals surface area contributed by atoms with Gasteiger partial charge in [-0.3, -0.25) is 10.1 Å². The molecule has 6 atom stereocenters. The van der Waals surface area contributed by atoms with E-state index >= 15 is 0 Å². The number of phenolic OH excluding ortho intramolecular Hbond substituents is 1. The van der Waals surface area contributed by atoms with Crippen molar-refractivity contribution in [3.63, 3.8) is 0 Å². The molecule has 3 N–H and O–H groups in total. The highest BCUT2D eigenvalue weighted by Crippen LogP contribution is 2.62. The van der Waals surface area contributed by atoms with Gasteiger partial charge in [0.1, 0.15) is 5.75 Å². The highest BCUT2D eigenvalue weighted by atomic mass is 16.6. The van der Waals surface area contributed by atoms with Crippen LogP contribution in [0.2, 0.25) is 0 Å². The number of phenols is 1. The molecule has 6 rings (SSSR count). The van der Waals surface area contributed by atoms with Gasteiger partial charge in [0.25, 0.3) is 0 Å². The molecule has 0 unspecified atom stereocenters. The van der Waals surface area contributed by atoms with Gasteiger partial charge in [-0.2, -0.15) is 0 Å². The number of anilines is 1. The summed E-state index contributed by atoms with van der Waals surface area (Å²) in [6.45, 7) is 2.24. The number of rotatable bonds is 3. The molecular weight excluding hydrogens is 424 g/mol. The van der Waals surface area contributed by atoms with Crippen LogP contribution in [-0.2, 0) is 0 Å². The Bertz CT molecular complexity index is 1260. The number of aliphatic hydroxyl groups is 1. The Hall–Kier alpha value is -3.20. The topological polar surface area (TPSA) is 135 Å². The first kappa shape index (κ1) is 20.4. The first-order valence-electron chi connectivity index (χ1n) is 11.5. The Kier molecular flexibility index (Phi) is 4.42. The fraction of sp³-hybridized carbons (Fsp3) is 0.500. The summed E-state index contributed by atoms with van der Waals surface area (Å²) in [4.78, 5) is 10.9. The Balaban J connectivity index is 1.42. The lowest BCUT2D eigenvalue weighted by molar-refractivity contribution is -0.383. The molecule has 0 spiro atoms. The second-order valence-corrected chi connectivity index (χ2v) is 10.1. The lowest BCUT2D eigenvalue weighted by Crippen LogP contribution is -2.45. The Morgan fingerprint density at radius 1 is 1.15 bits per heavy atom. The van der Waals surface area contributed by atoms with Crippen LogP contribution in [0.15, 0.2) is 35.0 Å². The monoisotopic (exact) mass is 450 g/mol. The predicted octanol–water partition coefficient (Wildman–Crippen LogP) is 4.66. The second-order valence-electron chi connectivity index (χ2n) is 10.1. The maximum Gasteiger partial charge on any atom is 0.300 e. The molecule has 0 radical (unpaired) electrons. The van der Waals surface area contributed by atoms with Crippen LogP contribution in [0.5, 0.6) is 5.75 Å². The summed E-state index contributed by atoms with van der Waals surface area (Å²) < 4.78 is 4.83. The highest BCUT2D eigenvalue weighted by Gasteiger charge is 2.55. The van der Waals surface area contributed by atoms with Crippen LogP contribution in [-0.4, -0.2) is 31.6 Å². The summed E-state index contributed by atoms with van der Waals surface area (Å²) in [6.07, 6.45) is 4.48. The van der Waals surface area contributed by atoms with Gasteiger partial charge in [0.05, 0.1) is 22.8 Å². The van der Waals surface area contributed by atoms with Crippen molar-refractivity contribution < 1.29 is 19.8 Å². The molecule has 2 aromatic carbocycles. The summed E-state index contributed by atoms with van der Waals surface area (Å²) >= 11 is 0. The van der Waals surface area contributed by atoms with E-state index in [1.54, 1.807) is 12.1 Å². The van der Waals surface area contributed by atoms with Crippen molar-refractivity contribution in [3.8, 4) is 5.75 Å². The number of benzene rings is 2. The van der Waals surface area contributed by atoms with Crippen LogP contribution in [0.25, 0.3) is 11.0 Å². The number of aromatic nitrogens is 2. The van der Waals surface area contributed by atoms with Crippen molar-refractivity contribution in [1.82, 2.24) is 10.3 Å². The third-order valence-corrected chi connectivity index (χ3v) is 8.66. The number of hydrogen-bond donors (Lipinski definition) is 3. The summed E-state index contributed by atoms with van der Waals surface area (Å²) in [7, 11) is 0. The zero-order valence-electron chi connectivity index (χ0n) is 18.3. The Labute approximate surface area is 189 Å². The van der Waals surface area contributed by atoms with E-state index in [-0.39, 0.29) is 34.5 Å². The number of nitro groups is 1. The minimum atomic E-state index is -0.497. The van der Waals surface area contributed by atoms with Crippen molar-refractivity contribution in [2.24, 2.45) is 17.3 Å². The molecular formula is C24H26N4O5. The molecule has 9 heteroatoms. The van der Waals surface area contributed by atoms with E-state index in [1.807, 2.05) is 12.1 Å². The molecule has 1 aromatic heterocycles. The molecule has 3 aliphatic rings. The number of aromatic hydroxyl groups is 1. The molecule has 2 fully saturated rings. The molecule has 0 bridgehead atoms. The van der Waals surface area contributed by atoms with Gasteiger partial charge in [-0.1, -0.05) is 13.0 Å². The second kappa shape index (κ2) is 7.15. The number of nitrogens with zero attached hydrogens (tertiary/aromatic N) is 3. The molecule has 0 saturated heterocycles. The van der Waals surface area contributed by atoms with Crippen LogP contribution in [0.3, 0.4) is 0 Å². The highest BCUT2D eigenvalue weighted by molar-refractivity contribution is 5.93. The third-order valence-electron chi connectivity index (χ3n) is 8.66. The fourth-order valence-corrected chi connectivity index (χ4v) is 7.02. The van der Waals surface area contributed by atoms with Gasteiger partial charge in [0, 0.05) is 6.07 Å². The van der Waals surface area contributed by atoms with Gasteiger partial charge < -0.3 is 15.5 Å². The standard InChI is InChI=1S/C24H26N4O5/c1-24-9-8-14-13-3-2-12(29)10-16(13)19(11-15(14)17(24)4-7-21(24)30)25-18-5-6-20(28(31)32)23-22(18)26-33-27-23/h2-3,5-6,10,14-15,17,19,21,25,29-30H,4,7-9,11H2,1H3/t14-,15-,17+,19+,21+,24+/m1/s1. The average Bonchev–Trinajstić information content (AvgIpc) is 3.39. The summed E-state index contributed by atoms with van der Waals surface area (Å²) in [5, 5.41) is 43.6. The maximum absolute atomic E-state index is 11.4.